The van der Waals surface area contributed by atoms with Crippen molar-refractivity contribution in [1.82, 2.24) is 15.5 Å². The number of hydrogen-bond donors (Lipinski definition) is 2. The van der Waals surface area contributed by atoms with Crippen molar-refractivity contribution in [3.63, 3.8) is 0 Å². The first-order chi connectivity index (χ1) is 13.6. The average molecular weight is 399 g/mol. The monoisotopic (exact) mass is 399 g/mol. The molecule has 0 bridgehead atoms. The molecule has 0 spiro atoms. The van der Waals surface area contributed by atoms with E-state index in [1.165, 1.54) is 6.39 Å². The number of ether oxygens (including phenoxy) is 1. The van der Waals surface area contributed by atoms with E-state index in [1.807, 2.05) is 54.6 Å². The van der Waals surface area contributed by atoms with E-state index in [0.29, 0.717) is 19.0 Å². The summed E-state index contributed by atoms with van der Waals surface area (Å²) in [6.45, 7) is 0.991. The van der Waals surface area contributed by atoms with Gasteiger partial charge in [-0.2, -0.15) is 0 Å². The fourth-order valence-corrected chi connectivity index (χ4v) is 5.14. The molecule has 0 amide bonds. The Morgan fingerprint density at radius 2 is 1.93 bits per heavy atom. The maximum atomic E-state index is 12.6. The molecule has 4 rings (SSSR count). The highest BCUT2D eigenvalue weighted by atomic mass is 31.2. The summed E-state index contributed by atoms with van der Waals surface area (Å²) in [6.07, 6.45) is 1.36. The maximum absolute atomic E-state index is 12.6. The Bertz CT molecular complexity index is 924. The predicted molar refractivity (Wildman–Crippen MR) is 105 cm³/mol. The molecule has 2 aromatic carbocycles. The molecule has 0 saturated carbocycles. The molecule has 1 aliphatic heterocycles. The lowest BCUT2D eigenvalue weighted by molar-refractivity contribution is 0.0156. The molecule has 2 N–H and O–H groups in total. The zero-order valence-electron chi connectivity index (χ0n) is 15.3. The number of aromatic nitrogens is 2. The molecule has 1 fully saturated rings. The van der Waals surface area contributed by atoms with Crippen LogP contribution in [0.5, 0.6) is 0 Å². The molecule has 28 heavy (non-hydrogen) atoms. The van der Waals surface area contributed by atoms with Crippen LogP contribution < -0.4 is 5.32 Å². The summed E-state index contributed by atoms with van der Waals surface area (Å²) >= 11 is 0. The van der Waals surface area contributed by atoms with Crippen LogP contribution in [0.1, 0.15) is 17.2 Å². The maximum Gasteiger partial charge on any atom is 0.247 e. The van der Waals surface area contributed by atoms with E-state index < -0.39 is 7.37 Å². The smallest absolute Gasteiger partial charge is 0.247 e. The zero-order valence-corrected chi connectivity index (χ0v) is 16.2. The third kappa shape index (κ3) is 4.75. The number of rotatable bonds is 6. The van der Waals surface area contributed by atoms with Crippen molar-refractivity contribution in [3.05, 3.63) is 72.1 Å². The molecule has 0 aliphatic carbocycles. The van der Waals surface area contributed by atoms with Crippen molar-refractivity contribution in [3.8, 4) is 11.5 Å². The lowest BCUT2D eigenvalue weighted by atomic mass is 10.0. The van der Waals surface area contributed by atoms with E-state index in [9.17, 15) is 9.46 Å². The molecule has 1 aliphatic rings. The second-order valence-corrected chi connectivity index (χ2v) is 9.33. The topological polar surface area (TPSA) is 97.5 Å². The van der Waals surface area contributed by atoms with Crippen LogP contribution in [-0.4, -0.2) is 40.5 Å². The highest BCUT2D eigenvalue weighted by Crippen LogP contribution is 2.45. The van der Waals surface area contributed by atoms with Crippen LogP contribution in [0.3, 0.4) is 0 Å². The lowest BCUT2D eigenvalue weighted by Crippen LogP contribution is -2.42. The Morgan fingerprint density at radius 3 is 2.57 bits per heavy atom. The minimum atomic E-state index is -3.30. The first kappa shape index (κ1) is 19.0. The SMILES string of the molecule is O=P(O)(Cc1ccccc1)C[C@H]1CN[C@@H](c2ccc(-c3nnco3)cc2)CO1. The lowest BCUT2D eigenvalue weighted by Gasteiger charge is -2.31. The van der Waals surface area contributed by atoms with Crippen LogP contribution in [0, 0.1) is 0 Å². The molecule has 1 aromatic heterocycles. The van der Waals surface area contributed by atoms with Crippen LogP contribution in [0.25, 0.3) is 11.5 Å². The van der Waals surface area contributed by atoms with Gasteiger partial charge >= 0.3 is 0 Å². The quantitative estimate of drug-likeness (QED) is 0.614. The molecule has 3 aromatic rings. The Morgan fingerprint density at radius 1 is 1.14 bits per heavy atom. The summed E-state index contributed by atoms with van der Waals surface area (Å²) in [5, 5.41) is 11.0. The molecule has 1 saturated heterocycles. The van der Waals surface area contributed by atoms with Gasteiger partial charge in [0.2, 0.25) is 19.7 Å². The molecule has 8 heteroatoms. The average Bonchev–Trinajstić information content (AvgIpc) is 3.24. The van der Waals surface area contributed by atoms with Gasteiger partial charge in [0.05, 0.1) is 24.9 Å². The van der Waals surface area contributed by atoms with Crippen molar-refractivity contribution in [2.24, 2.45) is 0 Å². The Hall–Kier alpha value is -2.31. The third-order valence-electron chi connectivity index (χ3n) is 4.77. The summed E-state index contributed by atoms with van der Waals surface area (Å²) in [6, 6.07) is 17.3. The standard InChI is InChI=1S/C20H22N3O4P/c24-28(25,12-15-4-2-1-3-5-15)13-18-10-21-19(11-26-18)16-6-8-17(9-7-16)20-23-22-14-27-20/h1-9,14,18-19,21H,10-13H2,(H,24,25)/t18-,19-/m1/s1. The van der Waals surface area contributed by atoms with Crippen LogP contribution in [0.2, 0.25) is 0 Å². The second kappa shape index (κ2) is 8.37. The summed E-state index contributed by atoms with van der Waals surface area (Å²) in [4.78, 5) is 10.4. The van der Waals surface area contributed by atoms with Crippen molar-refractivity contribution >= 4 is 7.37 Å². The van der Waals surface area contributed by atoms with E-state index in [2.05, 4.69) is 15.5 Å². The van der Waals surface area contributed by atoms with Gasteiger partial charge < -0.3 is 19.4 Å². The van der Waals surface area contributed by atoms with Gasteiger partial charge in [-0.15, -0.1) is 10.2 Å². The van der Waals surface area contributed by atoms with Gasteiger partial charge in [0.25, 0.3) is 0 Å². The fraction of sp³-hybridized carbons (Fsp3) is 0.300. The second-order valence-electron chi connectivity index (χ2n) is 6.95. The number of benzene rings is 2. The number of hydrogen-bond acceptors (Lipinski definition) is 6. The Labute approximate surface area is 163 Å². The minimum Gasteiger partial charge on any atom is -0.423 e. The highest BCUT2D eigenvalue weighted by molar-refractivity contribution is 7.57. The first-order valence-electron chi connectivity index (χ1n) is 9.15. The molecule has 3 atom stereocenters. The van der Waals surface area contributed by atoms with Gasteiger partial charge in [-0.3, -0.25) is 4.57 Å². The van der Waals surface area contributed by atoms with E-state index in [0.717, 1.165) is 16.7 Å². The van der Waals surface area contributed by atoms with Crippen molar-refractivity contribution in [2.75, 3.05) is 19.3 Å². The Balaban J connectivity index is 1.31. The largest absolute Gasteiger partial charge is 0.423 e. The summed E-state index contributed by atoms with van der Waals surface area (Å²) < 4.78 is 23.7. The highest BCUT2D eigenvalue weighted by Gasteiger charge is 2.29. The molecule has 146 valence electrons. The molecule has 2 heterocycles. The number of nitrogens with zero attached hydrogens (tertiary/aromatic N) is 2. The van der Waals surface area contributed by atoms with Gasteiger partial charge in [-0.1, -0.05) is 42.5 Å². The van der Waals surface area contributed by atoms with Crippen LogP contribution in [-0.2, 0) is 15.5 Å². The van der Waals surface area contributed by atoms with Gasteiger partial charge in [0, 0.05) is 18.3 Å². The number of morpholine rings is 1. The summed E-state index contributed by atoms with van der Waals surface area (Å²) in [7, 11) is -3.30. The van der Waals surface area contributed by atoms with Gasteiger partial charge in [-0.05, 0) is 23.3 Å². The molecular weight excluding hydrogens is 377 g/mol. The fourth-order valence-electron chi connectivity index (χ4n) is 3.36. The van der Waals surface area contributed by atoms with Gasteiger partial charge in [0.1, 0.15) is 0 Å². The van der Waals surface area contributed by atoms with E-state index >= 15 is 0 Å². The van der Waals surface area contributed by atoms with Gasteiger partial charge in [0.15, 0.2) is 0 Å². The molecular formula is C20H22N3O4P. The third-order valence-corrected chi connectivity index (χ3v) is 6.61. The van der Waals surface area contributed by atoms with E-state index in [1.54, 1.807) is 0 Å². The normalized spacial score (nSPS) is 21.9. The number of nitrogens with one attached hydrogen (secondary N) is 1. The van der Waals surface area contributed by atoms with Gasteiger partial charge in [-0.25, -0.2) is 0 Å². The minimum absolute atomic E-state index is 0.0418. The van der Waals surface area contributed by atoms with Crippen LogP contribution >= 0.6 is 7.37 Å². The van der Waals surface area contributed by atoms with Crippen LogP contribution in [0.15, 0.2) is 65.4 Å². The van der Waals surface area contributed by atoms with Crippen molar-refractivity contribution in [1.29, 1.82) is 0 Å². The summed E-state index contributed by atoms with van der Waals surface area (Å²) in [5.74, 6) is 0.483. The zero-order chi connectivity index (χ0) is 19.4. The van der Waals surface area contributed by atoms with E-state index in [-0.39, 0.29) is 24.5 Å². The summed E-state index contributed by atoms with van der Waals surface area (Å²) in [5.41, 5.74) is 2.81. The predicted octanol–water partition coefficient (Wildman–Crippen LogP) is 3.24. The molecule has 0 radical (unpaired) electrons. The van der Waals surface area contributed by atoms with Crippen molar-refractivity contribution < 1.29 is 18.6 Å². The Kier molecular flexibility index (Phi) is 5.69. The molecule has 1 unspecified atom stereocenters. The van der Waals surface area contributed by atoms with E-state index in [4.69, 9.17) is 9.15 Å². The first-order valence-corrected chi connectivity index (χ1v) is 11.2. The van der Waals surface area contributed by atoms with Crippen LogP contribution in [0.4, 0.5) is 0 Å². The van der Waals surface area contributed by atoms with Crippen molar-refractivity contribution in [2.45, 2.75) is 18.3 Å². The molecule has 7 nitrogen and oxygen atoms in total.